The van der Waals surface area contributed by atoms with Crippen LogP contribution in [0.1, 0.15) is 76.7 Å². The lowest BCUT2D eigenvalue weighted by atomic mass is 10.1. The van der Waals surface area contributed by atoms with E-state index in [4.69, 9.17) is 66.4 Å². The Morgan fingerprint density at radius 1 is 0.326 bits per heavy atom. The predicted octanol–water partition coefficient (Wildman–Crippen LogP) is -1.77. The second-order valence-electron chi connectivity index (χ2n) is 23.2. The Hall–Kier alpha value is -15.2. The van der Waals surface area contributed by atoms with Gasteiger partial charge in [-0.2, -0.15) is 0 Å². The maximum absolute atomic E-state index is 12.4. The quantitative estimate of drug-likeness (QED) is 0.0125. The van der Waals surface area contributed by atoms with Crippen molar-refractivity contribution in [3.05, 3.63) is 103 Å². The van der Waals surface area contributed by atoms with Crippen molar-refractivity contribution in [2.45, 2.75) is 115 Å². The number of carbonyl (C=O) groups is 12. The van der Waals surface area contributed by atoms with Gasteiger partial charge in [0.05, 0.1) is 92.5 Å². The summed E-state index contributed by atoms with van der Waals surface area (Å²) in [6.45, 7) is -3.63. The number of nitrogens with zero attached hydrogens (tertiary/aromatic N) is 8. The minimum Gasteiger partial charge on any atom is -0.480 e. The molecule has 71 nitrogen and oxygen atoms in total. The van der Waals surface area contributed by atoms with Gasteiger partial charge in [-0.1, -0.05) is 12.8 Å². The van der Waals surface area contributed by atoms with Gasteiger partial charge in [-0.25, -0.2) is 52.7 Å². The van der Waals surface area contributed by atoms with Crippen LogP contribution in [0.15, 0.2) is 13.6 Å². The van der Waals surface area contributed by atoms with Crippen molar-refractivity contribution in [3.8, 4) is 0 Å². The van der Waals surface area contributed by atoms with Crippen LogP contribution in [0.5, 0.6) is 0 Å². The van der Waals surface area contributed by atoms with Gasteiger partial charge in [-0.05, 0) is 46.5 Å². The third-order valence-corrected chi connectivity index (χ3v) is 13.5. The molecule has 132 heavy (non-hydrogen) atoms. The molecule has 6 atom stereocenters. The zero-order valence-corrected chi connectivity index (χ0v) is 69.9. The molecule has 0 bridgehead atoms. The van der Waals surface area contributed by atoms with Gasteiger partial charge in [0.1, 0.15) is 105 Å². The molecule has 1 aromatic rings. The van der Waals surface area contributed by atoms with Crippen molar-refractivity contribution in [1.82, 2.24) is 21.3 Å². The molecule has 0 saturated carbocycles. The Balaban J connectivity index is -0.00000169. The molecule has 1 aromatic heterocycles. The lowest BCUT2D eigenvalue weighted by Crippen LogP contribution is -2.49. The summed E-state index contributed by atoms with van der Waals surface area (Å²) in [6.07, 6.45) is -7.11. The van der Waals surface area contributed by atoms with E-state index in [-0.39, 0.29) is 196 Å². The summed E-state index contributed by atoms with van der Waals surface area (Å²) >= 11 is 0. The molecule has 0 aliphatic carbocycles. The summed E-state index contributed by atoms with van der Waals surface area (Å²) in [6, 6.07) is -6.33. The Morgan fingerprint density at radius 3 is 0.970 bits per heavy atom. The molecule has 1 rings (SSSR count). The maximum atomic E-state index is 12.4. The summed E-state index contributed by atoms with van der Waals surface area (Å²) in [4.78, 5) is 263. The third kappa shape index (κ3) is 78.3. The number of esters is 2. The molecular formula is C61H96N12O59. The summed E-state index contributed by atoms with van der Waals surface area (Å²) < 4.78 is 90.7. The van der Waals surface area contributed by atoms with Crippen LogP contribution in [0.25, 0.3) is 0 Å². The number of hydrogen-bond donors (Lipinski definition) is 7. The number of aryl methyl sites for hydroxylation is 1. The van der Waals surface area contributed by atoms with Crippen LogP contribution in [-0.4, -0.2) is 350 Å². The molecule has 0 fully saturated rings. The van der Waals surface area contributed by atoms with Gasteiger partial charge in [0, 0.05) is 12.8 Å². The van der Waals surface area contributed by atoms with Gasteiger partial charge in [0.15, 0.2) is 42.3 Å². The first-order chi connectivity index (χ1) is 62.6. The van der Waals surface area contributed by atoms with Gasteiger partial charge in [-0.15, -0.1) is 80.9 Å². The van der Waals surface area contributed by atoms with E-state index in [9.17, 15) is 153 Å². The molecule has 1 heterocycles. The van der Waals surface area contributed by atoms with Crippen LogP contribution in [0.2, 0.25) is 0 Å². The Morgan fingerprint density at radius 2 is 0.629 bits per heavy atom. The lowest BCUT2D eigenvalue weighted by molar-refractivity contribution is -0.758. The summed E-state index contributed by atoms with van der Waals surface area (Å²) in [7, 11) is 0. The minimum atomic E-state index is -1.67. The minimum absolute atomic E-state index is 0.00465. The largest absolute Gasteiger partial charge is 0.519 e. The van der Waals surface area contributed by atoms with E-state index in [0.29, 0.717) is 38.5 Å². The highest BCUT2D eigenvalue weighted by Crippen LogP contribution is 2.11. The van der Waals surface area contributed by atoms with E-state index in [1.165, 1.54) is 20.8 Å². The van der Waals surface area contributed by atoms with Crippen LogP contribution >= 0.6 is 0 Å². The molecule has 4 amide bonds. The number of alkyl carbamates (subject to hydrolysis) is 3. The highest BCUT2D eigenvalue weighted by Gasteiger charge is 2.33. The molecular weight excluding hydrogens is 1840 g/mol. The second kappa shape index (κ2) is 78.1. The SMILES string of the molecule is CC(OC(=O)CCCCCO[N+](=O)[O-])C(NC(=O)CCCCCO[N+](=O)[O-])C(=O)O.CC(OC(=O)OCCOCCO[N+](=O)[O-])C(NC(=O)OCCOCCO[N+](=O)[O-])C(=O)O.Cc1oc(=O)oc1COC(=O)C(COC(=O)OCCOCCO[N+](=O)[O-])NC(=O)OCCOCCO[N+](=O)[O-].O=C(NC(COC(=O)OCCOCCO[N+](=O)[O-])C(=O)O)OCCOCCO[N+](=O)[O-]. The first-order valence-electron chi connectivity index (χ1n) is 37.4. The van der Waals surface area contributed by atoms with Crippen LogP contribution < -0.4 is 27.1 Å². The fourth-order valence-electron chi connectivity index (χ4n) is 7.76. The summed E-state index contributed by atoms with van der Waals surface area (Å²) in [5, 5.41) is 108. The van der Waals surface area contributed by atoms with Crippen molar-refractivity contribution in [2.75, 3.05) is 185 Å². The molecule has 0 saturated heterocycles. The lowest BCUT2D eigenvalue weighted by Gasteiger charge is -2.21. The van der Waals surface area contributed by atoms with E-state index in [1.807, 2.05) is 10.6 Å². The smallest absolute Gasteiger partial charge is 0.480 e. The van der Waals surface area contributed by atoms with Gasteiger partial charge in [-0.3, -0.25) is 9.59 Å². The number of hydrogen-bond acceptors (Lipinski definition) is 56. The highest BCUT2D eigenvalue weighted by atomic mass is 17.0. The van der Waals surface area contributed by atoms with Crippen molar-refractivity contribution in [2.24, 2.45) is 0 Å². The van der Waals surface area contributed by atoms with Crippen molar-refractivity contribution < 1.29 is 242 Å². The van der Waals surface area contributed by atoms with Gasteiger partial charge >= 0.3 is 72.4 Å². The number of carboxylic acid groups (broad SMARTS) is 3. The van der Waals surface area contributed by atoms with E-state index >= 15 is 0 Å². The number of aliphatic carboxylic acids is 3. The normalized spacial score (nSPS) is 11.6. The zero-order chi connectivity index (χ0) is 99.8. The Kier molecular flexibility index (Phi) is 71.6. The Bertz CT molecular complexity index is 3690. The standard InChI is InChI=1S/C18H25N3O18.C16H27N3O11.C14H23N3O15.C13H21N3O15/c1-12-14(39-18(25)38-12)11-34-15(22)13(19-16(23)32-6-2-30-4-8-36-20(26)27)10-35-17(24)33-7-3-31-5-9-37-21(28)29;1-12(30-14(21)9-5-3-7-11-29-19(26)27)15(16(22)23)17-13(20)8-4-2-6-10-28-18(24)25;1-10(32-14(21)29-7-3-27-5-9-31-17(24)25)11(12(18)19)15-13(20)28-6-2-26-4-8-30-16(22)23;17-11(18)10(14-12(19)27-5-1-25-3-7-30-15(21)22)9-29-13(20)28-6-2-26-4-8-31-16(23)24/h13H,2-11H2,1H3,(H,19,23);12,15H,2-11H2,1H3,(H,17,20)(H,22,23);10-11H,2-9H2,1H3,(H,15,20)(H,18,19);10H,1-9H2,(H,14,19)(H,17,18). The number of rotatable bonds is 74. The Labute approximate surface area is 737 Å². The highest BCUT2D eigenvalue weighted by molar-refractivity contribution is 5.85. The second-order valence-corrected chi connectivity index (χ2v) is 23.2. The van der Waals surface area contributed by atoms with Crippen LogP contribution in [-0.2, 0) is 155 Å². The number of carboxylic acids is 3. The number of nitrogens with one attached hydrogen (secondary N) is 4. The topological polar surface area (TPSA) is 933 Å². The van der Waals surface area contributed by atoms with E-state index in [1.54, 1.807) is 0 Å². The molecule has 0 aliphatic rings. The zero-order valence-electron chi connectivity index (χ0n) is 69.9. The number of amides is 4. The molecule has 754 valence electrons. The maximum Gasteiger partial charge on any atom is 0.519 e. The average molecular weight is 1940 g/mol. The van der Waals surface area contributed by atoms with Crippen LogP contribution in [0.4, 0.5) is 28.8 Å². The molecule has 0 radical (unpaired) electrons. The predicted molar refractivity (Wildman–Crippen MR) is 399 cm³/mol. The molecule has 7 N–H and O–H groups in total. The van der Waals surface area contributed by atoms with Gasteiger partial charge in [0.25, 0.3) is 40.7 Å². The summed E-state index contributed by atoms with van der Waals surface area (Å²) in [5.74, 6) is -7.80. The van der Waals surface area contributed by atoms with Gasteiger partial charge in [0.2, 0.25) is 5.91 Å². The van der Waals surface area contributed by atoms with Gasteiger partial charge < -0.3 is 165 Å². The van der Waals surface area contributed by atoms with E-state index < -0.39 is 175 Å². The molecule has 71 heteroatoms. The van der Waals surface area contributed by atoms with Crippen molar-refractivity contribution in [3.63, 3.8) is 0 Å². The van der Waals surface area contributed by atoms with E-state index in [0.717, 1.165) is 0 Å². The number of ether oxygens (including phenoxy) is 17. The molecule has 0 aliphatic heterocycles. The molecule has 0 aromatic carbocycles. The summed E-state index contributed by atoms with van der Waals surface area (Å²) in [5.41, 5.74) is 0. The number of carbonyl (C=O) groups excluding carboxylic acids is 9. The monoisotopic (exact) mass is 1940 g/mol. The van der Waals surface area contributed by atoms with E-state index in [2.05, 4.69) is 77.4 Å². The van der Waals surface area contributed by atoms with Crippen LogP contribution in [0, 0.1) is 87.8 Å². The van der Waals surface area contributed by atoms with Crippen LogP contribution in [0.3, 0.4) is 0 Å². The van der Waals surface area contributed by atoms with Crippen molar-refractivity contribution >= 4 is 72.5 Å². The fraction of sp³-hybridized carbons (Fsp3) is 0.754. The molecule has 6 unspecified atom stereocenters. The first-order valence-corrected chi connectivity index (χ1v) is 37.4. The number of unbranched alkanes of at least 4 members (excludes halogenated alkanes) is 4. The fourth-order valence-corrected chi connectivity index (χ4v) is 7.76. The first kappa shape index (κ1) is 121. The third-order valence-electron chi connectivity index (χ3n) is 13.5. The molecule has 0 spiro atoms. The van der Waals surface area contributed by atoms with Crippen molar-refractivity contribution in [1.29, 1.82) is 0 Å². The average Bonchev–Trinajstić information content (AvgIpc) is 1.69.